The van der Waals surface area contributed by atoms with Gasteiger partial charge in [0.05, 0.1) is 18.8 Å². The van der Waals surface area contributed by atoms with Crippen LogP contribution in [-0.4, -0.2) is 38.0 Å². The summed E-state index contributed by atoms with van der Waals surface area (Å²) < 4.78 is 11.1. The van der Waals surface area contributed by atoms with Crippen LogP contribution in [0, 0.1) is 0 Å². The van der Waals surface area contributed by atoms with Crippen LogP contribution in [-0.2, 0) is 9.47 Å². The minimum atomic E-state index is 0.327. The molecule has 2 unspecified atom stereocenters. The minimum Gasteiger partial charge on any atom is -0.377 e. The predicted molar refractivity (Wildman–Crippen MR) is 52.9 cm³/mol. The Kier molecular flexibility index (Phi) is 4.70. The zero-order valence-electron chi connectivity index (χ0n) is 8.88. The molecule has 0 aromatic rings. The molecule has 3 heteroatoms. The van der Waals surface area contributed by atoms with Gasteiger partial charge in [-0.25, -0.2) is 0 Å². The number of hydrogen-bond donors (Lipinski definition) is 1. The molecule has 1 rings (SSSR count). The van der Waals surface area contributed by atoms with Gasteiger partial charge in [-0.15, -0.1) is 0 Å². The molecule has 0 aromatic carbocycles. The van der Waals surface area contributed by atoms with Gasteiger partial charge < -0.3 is 14.8 Å². The van der Waals surface area contributed by atoms with Crippen LogP contribution in [0.5, 0.6) is 0 Å². The molecule has 1 fully saturated rings. The fraction of sp³-hybridized carbons (Fsp3) is 1.00. The Labute approximate surface area is 80.8 Å². The zero-order chi connectivity index (χ0) is 9.68. The Balaban J connectivity index is 2.10. The molecule has 0 aromatic heterocycles. The number of nitrogens with one attached hydrogen (secondary N) is 1. The molecule has 1 aliphatic rings. The summed E-state index contributed by atoms with van der Waals surface area (Å²) in [6.45, 7) is 8.76. The van der Waals surface area contributed by atoms with Crippen molar-refractivity contribution in [3.63, 3.8) is 0 Å². The smallest absolute Gasteiger partial charge is 0.0715 e. The number of ether oxygens (including phenoxy) is 2. The van der Waals surface area contributed by atoms with Crippen molar-refractivity contribution in [3.8, 4) is 0 Å². The average molecular weight is 187 g/mol. The van der Waals surface area contributed by atoms with Gasteiger partial charge in [-0.2, -0.15) is 0 Å². The monoisotopic (exact) mass is 187 g/mol. The topological polar surface area (TPSA) is 30.5 Å². The summed E-state index contributed by atoms with van der Waals surface area (Å²) in [4.78, 5) is 0. The van der Waals surface area contributed by atoms with Crippen LogP contribution in [0.2, 0.25) is 0 Å². The van der Waals surface area contributed by atoms with Crippen molar-refractivity contribution in [2.24, 2.45) is 0 Å². The van der Waals surface area contributed by atoms with Gasteiger partial charge >= 0.3 is 0 Å². The maximum atomic E-state index is 5.53. The molecule has 1 N–H and O–H groups in total. The van der Waals surface area contributed by atoms with Crippen LogP contribution >= 0.6 is 0 Å². The van der Waals surface area contributed by atoms with Crippen LogP contribution in [0.3, 0.4) is 0 Å². The van der Waals surface area contributed by atoms with Gasteiger partial charge in [0, 0.05) is 19.2 Å². The first-order valence-electron chi connectivity index (χ1n) is 5.19. The third-order valence-electron chi connectivity index (χ3n) is 2.21. The van der Waals surface area contributed by atoms with Crippen molar-refractivity contribution in [3.05, 3.63) is 0 Å². The summed E-state index contributed by atoms with van der Waals surface area (Å²) in [5, 5.41) is 3.40. The highest BCUT2D eigenvalue weighted by atomic mass is 16.5. The summed E-state index contributed by atoms with van der Waals surface area (Å²) in [6.07, 6.45) is 1.80. The van der Waals surface area contributed by atoms with E-state index in [1.807, 2.05) is 6.92 Å². The molecule has 78 valence electrons. The molecule has 2 atom stereocenters. The molecule has 0 radical (unpaired) electrons. The van der Waals surface area contributed by atoms with Crippen LogP contribution in [0.25, 0.3) is 0 Å². The van der Waals surface area contributed by atoms with E-state index in [9.17, 15) is 0 Å². The molecule has 0 spiro atoms. The lowest BCUT2D eigenvalue weighted by Crippen LogP contribution is -2.28. The quantitative estimate of drug-likeness (QED) is 0.701. The van der Waals surface area contributed by atoms with Crippen LogP contribution < -0.4 is 5.32 Å². The predicted octanol–water partition coefficient (Wildman–Crippen LogP) is 1.18. The van der Waals surface area contributed by atoms with Crippen molar-refractivity contribution in [1.29, 1.82) is 0 Å². The second kappa shape index (κ2) is 5.58. The molecule has 0 saturated carbocycles. The van der Waals surface area contributed by atoms with Gasteiger partial charge in [0.15, 0.2) is 0 Å². The Bertz CT molecular complexity index is 139. The third-order valence-corrected chi connectivity index (χ3v) is 2.21. The molecule has 0 amide bonds. The number of hydrogen-bond acceptors (Lipinski definition) is 3. The van der Waals surface area contributed by atoms with E-state index in [0.717, 1.165) is 26.2 Å². The van der Waals surface area contributed by atoms with Crippen molar-refractivity contribution in [1.82, 2.24) is 5.32 Å². The van der Waals surface area contributed by atoms with Gasteiger partial charge in [-0.05, 0) is 27.2 Å². The van der Waals surface area contributed by atoms with Crippen LogP contribution in [0.4, 0.5) is 0 Å². The molecule has 0 bridgehead atoms. The van der Waals surface area contributed by atoms with E-state index < -0.39 is 0 Å². The van der Waals surface area contributed by atoms with Gasteiger partial charge in [0.2, 0.25) is 0 Å². The Hall–Kier alpha value is -0.120. The Morgan fingerprint density at radius 2 is 2.23 bits per heavy atom. The standard InChI is InChI=1S/C10H21NO2/c1-4-12-10-5-9(11-6-10)7-13-8(2)3/h8-11H,4-7H2,1-3H3. The van der Waals surface area contributed by atoms with Crippen molar-refractivity contribution < 1.29 is 9.47 Å². The molecular formula is C10H21NO2. The highest BCUT2D eigenvalue weighted by Gasteiger charge is 2.24. The first-order valence-corrected chi connectivity index (χ1v) is 5.19. The summed E-state index contributed by atoms with van der Waals surface area (Å²) in [5.41, 5.74) is 0. The fourth-order valence-corrected chi connectivity index (χ4v) is 1.58. The SMILES string of the molecule is CCOC1CNC(COC(C)C)C1. The Morgan fingerprint density at radius 1 is 1.46 bits per heavy atom. The lowest BCUT2D eigenvalue weighted by atomic mass is 10.2. The zero-order valence-corrected chi connectivity index (χ0v) is 8.88. The highest BCUT2D eigenvalue weighted by Crippen LogP contribution is 2.10. The normalized spacial score (nSPS) is 28.6. The summed E-state index contributed by atoms with van der Waals surface area (Å²) in [5.74, 6) is 0. The van der Waals surface area contributed by atoms with Crippen LogP contribution in [0.1, 0.15) is 27.2 Å². The molecular weight excluding hydrogens is 166 g/mol. The lowest BCUT2D eigenvalue weighted by Gasteiger charge is -2.13. The molecule has 0 aliphatic carbocycles. The van der Waals surface area contributed by atoms with Gasteiger partial charge in [0.1, 0.15) is 0 Å². The first kappa shape index (κ1) is 11.0. The van der Waals surface area contributed by atoms with Gasteiger partial charge in [0.25, 0.3) is 0 Å². The summed E-state index contributed by atoms with van der Waals surface area (Å²) >= 11 is 0. The number of rotatable bonds is 5. The molecule has 1 aliphatic heterocycles. The molecule has 1 saturated heterocycles. The van der Waals surface area contributed by atoms with E-state index in [2.05, 4.69) is 19.2 Å². The van der Waals surface area contributed by atoms with E-state index in [0.29, 0.717) is 18.2 Å². The Morgan fingerprint density at radius 3 is 2.85 bits per heavy atom. The van der Waals surface area contributed by atoms with E-state index in [4.69, 9.17) is 9.47 Å². The third kappa shape index (κ3) is 4.07. The first-order chi connectivity index (χ1) is 6.22. The van der Waals surface area contributed by atoms with E-state index in [1.54, 1.807) is 0 Å². The van der Waals surface area contributed by atoms with Crippen molar-refractivity contribution in [2.45, 2.75) is 45.4 Å². The van der Waals surface area contributed by atoms with Crippen molar-refractivity contribution in [2.75, 3.05) is 19.8 Å². The second-order valence-electron chi connectivity index (χ2n) is 3.80. The van der Waals surface area contributed by atoms with E-state index in [-0.39, 0.29) is 0 Å². The largest absolute Gasteiger partial charge is 0.377 e. The molecule has 1 heterocycles. The van der Waals surface area contributed by atoms with E-state index >= 15 is 0 Å². The summed E-state index contributed by atoms with van der Waals surface area (Å²) in [6, 6.07) is 0.485. The minimum absolute atomic E-state index is 0.327. The second-order valence-corrected chi connectivity index (χ2v) is 3.80. The van der Waals surface area contributed by atoms with Crippen LogP contribution in [0.15, 0.2) is 0 Å². The molecule has 13 heavy (non-hydrogen) atoms. The lowest BCUT2D eigenvalue weighted by molar-refractivity contribution is 0.0519. The van der Waals surface area contributed by atoms with Gasteiger partial charge in [-0.1, -0.05) is 0 Å². The van der Waals surface area contributed by atoms with Crippen molar-refractivity contribution >= 4 is 0 Å². The maximum absolute atomic E-state index is 5.53. The van der Waals surface area contributed by atoms with Gasteiger partial charge in [-0.3, -0.25) is 0 Å². The average Bonchev–Trinajstić information content (AvgIpc) is 2.50. The molecule has 3 nitrogen and oxygen atoms in total. The highest BCUT2D eigenvalue weighted by molar-refractivity contribution is 4.82. The van der Waals surface area contributed by atoms with E-state index in [1.165, 1.54) is 0 Å². The maximum Gasteiger partial charge on any atom is 0.0715 e. The summed E-state index contributed by atoms with van der Waals surface area (Å²) in [7, 11) is 0. The fourth-order valence-electron chi connectivity index (χ4n) is 1.58.